The van der Waals surface area contributed by atoms with Gasteiger partial charge in [-0.1, -0.05) is 11.6 Å². The summed E-state index contributed by atoms with van der Waals surface area (Å²) in [5.41, 5.74) is 0. The Hall–Kier alpha value is -1.98. The Bertz CT molecular complexity index is 693. The standard InChI is InChI=1S/C19H23ClN2O3/c1-14-4-9-18(25-14)17(22-10-2-3-11-22)12-21-19(23)13-24-16-7-5-15(20)6-8-16/h4-9,17H,2-3,10-13H2,1H3,(H,21,23). The number of furan rings is 1. The van der Waals surface area contributed by atoms with Gasteiger partial charge < -0.3 is 14.5 Å². The van der Waals surface area contributed by atoms with Crippen LogP contribution in [-0.2, 0) is 4.79 Å². The van der Waals surface area contributed by atoms with Gasteiger partial charge in [0.1, 0.15) is 17.3 Å². The van der Waals surface area contributed by atoms with Crippen LogP contribution in [0, 0.1) is 6.92 Å². The summed E-state index contributed by atoms with van der Waals surface area (Å²) >= 11 is 5.83. The third kappa shape index (κ3) is 5.00. The van der Waals surface area contributed by atoms with E-state index in [1.54, 1.807) is 24.3 Å². The Morgan fingerprint density at radius 3 is 2.60 bits per heavy atom. The highest BCUT2D eigenvalue weighted by molar-refractivity contribution is 6.30. The number of hydrogen-bond donors (Lipinski definition) is 1. The van der Waals surface area contributed by atoms with Gasteiger partial charge in [-0.25, -0.2) is 0 Å². The number of nitrogens with zero attached hydrogens (tertiary/aromatic N) is 1. The predicted molar refractivity (Wildman–Crippen MR) is 96.9 cm³/mol. The lowest BCUT2D eigenvalue weighted by Crippen LogP contribution is -2.38. The van der Waals surface area contributed by atoms with Crippen molar-refractivity contribution < 1.29 is 13.9 Å². The molecule has 0 aliphatic carbocycles. The minimum atomic E-state index is -0.151. The number of ether oxygens (including phenoxy) is 1. The lowest BCUT2D eigenvalue weighted by molar-refractivity contribution is -0.123. The van der Waals surface area contributed by atoms with Gasteiger partial charge in [0.05, 0.1) is 6.04 Å². The average molecular weight is 363 g/mol. The molecule has 1 N–H and O–H groups in total. The first-order valence-electron chi connectivity index (χ1n) is 8.57. The van der Waals surface area contributed by atoms with Crippen LogP contribution in [0.15, 0.2) is 40.8 Å². The summed E-state index contributed by atoms with van der Waals surface area (Å²) in [6, 6.07) is 11.0. The Morgan fingerprint density at radius 1 is 1.24 bits per heavy atom. The highest BCUT2D eigenvalue weighted by Crippen LogP contribution is 2.26. The molecule has 0 saturated carbocycles. The van der Waals surface area contributed by atoms with Crippen molar-refractivity contribution in [2.24, 2.45) is 0 Å². The van der Waals surface area contributed by atoms with E-state index >= 15 is 0 Å². The summed E-state index contributed by atoms with van der Waals surface area (Å²) in [5, 5.41) is 3.60. The first kappa shape index (κ1) is 17.8. The SMILES string of the molecule is Cc1ccc(C(CNC(=O)COc2ccc(Cl)cc2)N2CCCC2)o1. The van der Waals surface area contributed by atoms with E-state index in [2.05, 4.69) is 10.2 Å². The van der Waals surface area contributed by atoms with E-state index in [9.17, 15) is 4.79 Å². The molecule has 1 aromatic heterocycles. The molecule has 0 radical (unpaired) electrons. The maximum Gasteiger partial charge on any atom is 0.258 e. The zero-order valence-corrected chi connectivity index (χ0v) is 15.1. The molecule has 1 unspecified atom stereocenters. The van der Waals surface area contributed by atoms with Crippen molar-refractivity contribution >= 4 is 17.5 Å². The van der Waals surface area contributed by atoms with Crippen LogP contribution in [0.3, 0.4) is 0 Å². The lowest BCUT2D eigenvalue weighted by atomic mass is 10.2. The highest BCUT2D eigenvalue weighted by Gasteiger charge is 2.26. The second kappa shape index (κ2) is 8.41. The first-order chi connectivity index (χ1) is 12.1. The molecule has 1 fully saturated rings. The van der Waals surface area contributed by atoms with Gasteiger partial charge in [-0.15, -0.1) is 0 Å². The topological polar surface area (TPSA) is 54.7 Å². The fourth-order valence-electron chi connectivity index (χ4n) is 3.04. The van der Waals surface area contributed by atoms with Crippen molar-refractivity contribution in [3.63, 3.8) is 0 Å². The third-order valence-corrected chi connectivity index (χ3v) is 4.60. The minimum Gasteiger partial charge on any atom is -0.484 e. The van der Waals surface area contributed by atoms with Crippen LogP contribution in [0.5, 0.6) is 5.75 Å². The quantitative estimate of drug-likeness (QED) is 0.818. The normalized spacial score (nSPS) is 15.9. The van der Waals surface area contributed by atoms with Gasteiger partial charge in [0.25, 0.3) is 5.91 Å². The number of aryl methyl sites for hydroxylation is 1. The van der Waals surface area contributed by atoms with E-state index in [-0.39, 0.29) is 18.6 Å². The fraction of sp³-hybridized carbons (Fsp3) is 0.421. The van der Waals surface area contributed by atoms with Gasteiger partial charge in [-0.2, -0.15) is 0 Å². The molecule has 0 bridgehead atoms. The molecule has 6 heteroatoms. The summed E-state index contributed by atoms with van der Waals surface area (Å²) in [5.74, 6) is 2.26. The van der Waals surface area contributed by atoms with Crippen LogP contribution in [0.4, 0.5) is 0 Å². The molecule has 134 valence electrons. The van der Waals surface area contributed by atoms with Crippen LogP contribution < -0.4 is 10.1 Å². The molecule has 0 spiro atoms. The Kier molecular flexibility index (Phi) is 6.00. The summed E-state index contributed by atoms with van der Waals surface area (Å²) < 4.78 is 11.3. The Labute approximate surface area is 152 Å². The maximum atomic E-state index is 12.1. The van der Waals surface area contributed by atoms with Crippen LogP contribution in [0.1, 0.15) is 30.4 Å². The van der Waals surface area contributed by atoms with Gasteiger partial charge in [-0.05, 0) is 69.3 Å². The summed E-state index contributed by atoms with van der Waals surface area (Å²) in [6.45, 7) is 4.48. The number of amides is 1. The molecule has 1 aromatic carbocycles. The highest BCUT2D eigenvalue weighted by atomic mass is 35.5. The monoisotopic (exact) mass is 362 g/mol. The zero-order valence-electron chi connectivity index (χ0n) is 14.3. The molecular formula is C19H23ClN2O3. The van der Waals surface area contributed by atoms with Gasteiger partial charge in [0, 0.05) is 11.6 Å². The first-order valence-corrected chi connectivity index (χ1v) is 8.95. The van der Waals surface area contributed by atoms with Gasteiger partial charge in [0.15, 0.2) is 6.61 Å². The van der Waals surface area contributed by atoms with Crippen molar-refractivity contribution in [3.05, 3.63) is 52.9 Å². The van der Waals surface area contributed by atoms with Crippen LogP contribution >= 0.6 is 11.6 Å². The second-order valence-electron chi connectivity index (χ2n) is 6.25. The van der Waals surface area contributed by atoms with Crippen LogP contribution in [-0.4, -0.2) is 37.0 Å². The van der Waals surface area contributed by atoms with Crippen molar-refractivity contribution in [1.82, 2.24) is 10.2 Å². The molecule has 25 heavy (non-hydrogen) atoms. The number of nitrogens with one attached hydrogen (secondary N) is 1. The van der Waals surface area contributed by atoms with Crippen molar-refractivity contribution in [1.29, 1.82) is 0 Å². The molecule has 3 rings (SSSR count). The van der Waals surface area contributed by atoms with Crippen molar-refractivity contribution in [2.45, 2.75) is 25.8 Å². The lowest BCUT2D eigenvalue weighted by Gasteiger charge is -2.26. The molecule has 1 aliphatic rings. The van der Waals surface area contributed by atoms with Crippen LogP contribution in [0.2, 0.25) is 5.02 Å². The summed E-state index contributed by atoms with van der Waals surface area (Å²) in [6.07, 6.45) is 2.37. The smallest absolute Gasteiger partial charge is 0.258 e. The molecule has 2 aromatic rings. The molecular weight excluding hydrogens is 340 g/mol. The van der Waals surface area contributed by atoms with Crippen LogP contribution in [0.25, 0.3) is 0 Å². The van der Waals surface area contributed by atoms with Gasteiger partial charge in [0.2, 0.25) is 0 Å². The molecule has 1 amide bonds. The molecule has 5 nitrogen and oxygen atoms in total. The van der Waals surface area contributed by atoms with Gasteiger partial charge >= 0.3 is 0 Å². The van der Waals surface area contributed by atoms with E-state index in [0.29, 0.717) is 17.3 Å². The third-order valence-electron chi connectivity index (χ3n) is 4.35. The largest absolute Gasteiger partial charge is 0.484 e. The Morgan fingerprint density at radius 2 is 1.96 bits per heavy atom. The van der Waals surface area contributed by atoms with E-state index in [4.69, 9.17) is 20.8 Å². The minimum absolute atomic E-state index is 0.0223. The number of hydrogen-bond acceptors (Lipinski definition) is 4. The van der Waals surface area contributed by atoms with Crippen molar-refractivity contribution in [3.8, 4) is 5.75 Å². The number of carbonyl (C=O) groups excluding carboxylic acids is 1. The molecule has 1 saturated heterocycles. The molecule has 1 aliphatic heterocycles. The number of benzene rings is 1. The second-order valence-corrected chi connectivity index (χ2v) is 6.69. The zero-order chi connectivity index (χ0) is 17.6. The summed E-state index contributed by atoms with van der Waals surface area (Å²) in [4.78, 5) is 14.5. The van der Waals surface area contributed by atoms with Gasteiger partial charge in [-0.3, -0.25) is 9.69 Å². The van der Waals surface area contributed by atoms with E-state index in [1.807, 2.05) is 19.1 Å². The number of halogens is 1. The molecule has 2 heterocycles. The Balaban J connectivity index is 1.53. The van der Waals surface area contributed by atoms with E-state index < -0.39 is 0 Å². The average Bonchev–Trinajstić information content (AvgIpc) is 3.27. The number of likely N-dealkylation sites (tertiary alicyclic amines) is 1. The van der Waals surface area contributed by atoms with Crippen molar-refractivity contribution in [2.75, 3.05) is 26.2 Å². The predicted octanol–water partition coefficient (Wildman–Crippen LogP) is 3.57. The van der Waals surface area contributed by atoms with E-state index in [1.165, 1.54) is 12.8 Å². The number of carbonyl (C=O) groups is 1. The molecule has 1 atom stereocenters. The summed E-state index contributed by atoms with van der Waals surface area (Å²) in [7, 11) is 0. The maximum absolute atomic E-state index is 12.1. The fourth-order valence-corrected chi connectivity index (χ4v) is 3.16. The van der Waals surface area contributed by atoms with E-state index in [0.717, 1.165) is 24.6 Å². The number of rotatable bonds is 7.